The smallest absolute Gasteiger partial charge is 0.325 e. The number of aliphatic carboxylic acids is 1. The molecular formula is C21H28N6O5S. The van der Waals surface area contributed by atoms with Gasteiger partial charge < -0.3 is 31.8 Å². The second-order valence-electron chi connectivity index (χ2n) is 7.45. The topological polar surface area (TPSA) is 179 Å². The fraction of sp³-hybridized carbons (Fsp3) is 0.381. The summed E-state index contributed by atoms with van der Waals surface area (Å²) < 4.78 is 0. The van der Waals surface area contributed by atoms with Crippen molar-refractivity contribution in [2.75, 3.05) is 5.75 Å². The first-order valence-electron chi connectivity index (χ1n) is 10.2. The molecule has 1 heterocycles. The number of hydrogen-bond acceptors (Lipinski definition) is 7. The summed E-state index contributed by atoms with van der Waals surface area (Å²) in [4.78, 5) is 55.8. The molecule has 4 unspecified atom stereocenters. The molecule has 0 bridgehead atoms. The molecule has 4 atom stereocenters. The van der Waals surface area contributed by atoms with Crippen LogP contribution in [0.25, 0.3) is 0 Å². The first-order chi connectivity index (χ1) is 15.7. The van der Waals surface area contributed by atoms with Gasteiger partial charge in [-0.15, -0.1) is 0 Å². The lowest BCUT2D eigenvalue weighted by Gasteiger charge is -2.24. The number of aromatic amines is 1. The van der Waals surface area contributed by atoms with Crippen molar-refractivity contribution in [3.05, 3.63) is 54.1 Å². The number of imidazole rings is 1. The maximum Gasteiger partial charge on any atom is 0.325 e. The van der Waals surface area contributed by atoms with Gasteiger partial charge in [0.15, 0.2) is 0 Å². The number of amides is 3. The van der Waals surface area contributed by atoms with E-state index in [0.29, 0.717) is 5.69 Å². The fourth-order valence-electron chi connectivity index (χ4n) is 2.91. The predicted octanol–water partition coefficient (Wildman–Crippen LogP) is -0.989. The first-order valence-corrected chi connectivity index (χ1v) is 10.9. The summed E-state index contributed by atoms with van der Waals surface area (Å²) in [6, 6.07) is 4.82. The van der Waals surface area contributed by atoms with Crippen LogP contribution in [0.3, 0.4) is 0 Å². The third-order valence-corrected chi connectivity index (χ3v) is 5.16. The number of aromatic nitrogens is 2. The van der Waals surface area contributed by atoms with E-state index in [2.05, 4.69) is 38.5 Å². The van der Waals surface area contributed by atoms with E-state index in [-0.39, 0.29) is 18.6 Å². The summed E-state index contributed by atoms with van der Waals surface area (Å²) in [6.45, 7) is 1.30. The number of rotatable bonds is 12. The zero-order valence-electron chi connectivity index (χ0n) is 18.0. The molecule has 12 heteroatoms. The molecule has 3 amide bonds. The zero-order chi connectivity index (χ0) is 24.4. The van der Waals surface area contributed by atoms with Gasteiger partial charge in [-0.25, -0.2) is 4.98 Å². The van der Waals surface area contributed by atoms with Crippen LogP contribution in [0.1, 0.15) is 18.2 Å². The number of carboxylic acids is 1. The second-order valence-corrected chi connectivity index (χ2v) is 7.82. The van der Waals surface area contributed by atoms with Crippen LogP contribution in [0.5, 0.6) is 0 Å². The molecule has 0 aliphatic rings. The van der Waals surface area contributed by atoms with E-state index in [1.807, 2.05) is 6.07 Å². The van der Waals surface area contributed by atoms with Crippen molar-refractivity contribution >= 4 is 36.3 Å². The van der Waals surface area contributed by atoms with Crippen LogP contribution in [0, 0.1) is 0 Å². The molecule has 0 radical (unpaired) electrons. The molecule has 0 spiro atoms. The number of carboxylic acid groups (broad SMARTS) is 1. The van der Waals surface area contributed by atoms with Crippen molar-refractivity contribution in [2.45, 2.75) is 43.9 Å². The van der Waals surface area contributed by atoms with Crippen LogP contribution >= 0.6 is 12.6 Å². The van der Waals surface area contributed by atoms with Crippen LogP contribution in [0.4, 0.5) is 0 Å². The lowest BCUT2D eigenvalue weighted by atomic mass is 10.0. The van der Waals surface area contributed by atoms with Gasteiger partial charge in [0.1, 0.15) is 18.1 Å². The number of H-pyrrole nitrogens is 1. The Morgan fingerprint density at radius 1 is 1.03 bits per heavy atom. The molecule has 11 nitrogen and oxygen atoms in total. The molecule has 0 saturated heterocycles. The van der Waals surface area contributed by atoms with Gasteiger partial charge in [0, 0.05) is 30.5 Å². The Hall–Kier alpha value is -3.38. The second kappa shape index (κ2) is 12.6. The van der Waals surface area contributed by atoms with Gasteiger partial charge in [-0.05, 0) is 12.5 Å². The number of nitrogens with zero attached hydrogens (tertiary/aromatic N) is 1. The standard InChI is InChI=1S/C21H28N6O5S/c1-12(21(31)32)25-20(30)17(10-33)27-19(29)16(7-13-5-3-2-4-6-13)26-18(28)15(22)8-14-9-23-11-24-14/h2-6,9,11-12,15-17,33H,7-8,10,22H2,1H3,(H,23,24)(H,25,30)(H,26,28)(H,27,29)(H,31,32). The van der Waals surface area contributed by atoms with E-state index < -0.39 is 47.9 Å². The van der Waals surface area contributed by atoms with Crippen LogP contribution in [-0.2, 0) is 32.0 Å². The highest BCUT2D eigenvalue weighted by Crippen LogP contribution is 2.06. The van der Waals surface area contributed by atoms with Crippen molar-refractivity contribution in [1.82, 2.24) is 25.9 Å². The summed E-state index contributed by atoms with van der Waals surface area (Å²) >= 11 is 4.08. The van der Waals surface area contributed by atoms with E-state index in [9.17, 15) is 19.2 Å². The number of benzene rings is 1. The maximum atomic E-state index is 13.0. The van der Waals surface area contributed by atoms with Crippen LogP contribution in [-0.4, -0.2) is 68.7 Å². The Labute approximate surface area is 196 Å². The molecular weight excluding hydrogens is 448 g/mol. The lowest BCUT2D eigenvalue weighted by molar-refractivity contribution is -0.141. The largest absolute Gasteiger partial charge is 0.480 e. The lowest BCUT2D eigenvalue weighted by Crippen LogP contribution is -2.58. The average Bonchev–Trinajstić information content (AvgIpc) is 3.30. The van der Waals surface area contributed by atoms with E-state index in [1.54, 1.807) is 30.5 Å². The number of thiol groups is 1. The van der Waals surface area contributed by atoms with Crippen LogP contribution in [0.2, 0.25) is 0 Å². The molecule has 1 aromatic carbocycles. The zero-order valence-corrected chi connectivity index (χ0v) is 18.9. The molecule has 1 aromatic heterocycles. The number of nitrogens with one attached hydrogen (secondary N) is 4. The fourth-order valence-corrected chi connectivity index (χ4v) is 3.16. The van der Waals surface area contributed by atoms with E-state index in [0.717, 1.165) is 5.56 Å². The number of nitrogens with two attached hydrogens (primary N) is 1. The average molecular weight is 477 g/mol. The minimum Gasteiger partial charge on any atom is -0.480 e. The number of carbonyl (C=O) groups is 4. The Balaban J connectivity index is 2.10. The summed E-state index contributed by atoms with van der Waals surface area (Å²) in [6.07, 6.45) is 3.37. The molecule has 7 N–H and O–H groups in total. The van der Waals surface area contributed by atoms with Crippen molar-refractivity contribution < 1.29 is 24.3 Å². The van der Waals surface area contributed by atoms with Gasteiger partial charge in [0.05, 0.1) is 12.4 Å². The molecule has 0 fully saturated rings. The van der Waals surface area contributed by atoms with E-state index in [4.69, 9.17) is 10.8 Å². The molecule has 178 valence electrons. The highest BCUT2D eigenvalue weighted by Gasteiger charge is 2.29. The van der Waals surface area contributed by atoms with Crippen molar-refractivity contribution in [2.24, 2.45) is 5.73 Å². The Morgan fingerprint density at radius 2 is 1.67 bits per heavy atom. The number of hydrogen-bond donors (Lipinski definition) is 7. The number of carbonyl (C=O) groups excluding carboxylic acids is 3. The summed E-state index contributed by atoms with van der Waals surface area (Å²) in [5.74, 6) is -3.16. The van der Waals surface area contributed by atoms with Crippen LogP contribution < -0.4 is 21.7 Å². The summed E-state index contributed by atoms with van der Waals surface area (Å²) in [7, 11) is 0. The van der Waals surface area contributed by atoms with Crippen molar-refractivity contribution in [1.29, 1.82) is 0 Å². The van der Waals surface area contributed by atoms with Gasteiger partial charge in [-0.1, -0.05) is 30.3 Å². The van der Waals surface area contributed by atoms with E-state index in [1.165, 1.54) is 13.3 Å². The minimum absolute atomic E-state index is 0.0742. The third-order valence-electron chi connectivity index (χ3n) is 4.79. The SMILES string of the molecule is CC(NC(=O)C(CS)NC(=O)C(Cc1ccccc1)NC(=O)C(N)Cc1cnc[nH]1)C(=O)O. The van der Waals surface area contributed by atoms with Gasteiger partial charge in [0.25, 0.3) is 0 Å². The van der Waals surface area contributed by atoms with Crippen LogP contribution in [0.15, 0.2) is 42.9 Å². The summed E-state index contributed by atoms with van der Waals surface area (Å²) in [5.41, 5.74) is 7.44. The molecule has 33 heavy (non-hydrogen) atoms. The molecule has 0 saturated carbocycles. The monoisotopic (exact) mass is 476 g/mol. The summed E-state index contributed by atoms with van der Waals surface area (Å²) in [5, 5.41) is 16.4. The molecule has 2 rings (SSSR count). The third kappa shape index (κ3) is 8.24. The Bertz CT molecular complexity index is 940. The molecule has 2 aromatic rings. The Morgan fingerprint density at radius 3 is 2.24 bits per heavy atom. The molecule has 0 aliphatic heterocycles. The highest BCUT2D eigenvalue weighted by molar-refractivity contribution is 7.80. The van der Waals surface area contributed by atoms with Gasteiger partial charge in [0.2, 0.25) is 17.7 Å². The first kappa shape index (κ1) is 25.9. The van der Waals surface area contributed by atoms with E-state index >= 15 is 0 Å². The normalized spacial score (nSPS) is 14.4. The Kier molecular flexibility index (Phi) is 9.88. The maximum absolute atomic E-state index is 13.0. The van der Waals surface area contributed by atoms with Crippen molar-refractivity contribution in [3.63, 3.8) is 0 Å². The highest BCUT2D eigenvalue weighted by atomic mass is 32.1. The predicted molar refractivity (Wildman–Crippen MR) is 123 cm³/mol. The molecule has 0 aliphatic carbocycles. The quantitative estimate of drug-likeness (QED) is 0.192. The van der Waals surface area contributed by atoms with Crippen molar-refractivity contribution in [3.8, 4) is 0 Å². The van der Waals surface area contributed by atoms with Gasteiger partial charge >= 0.3 is 5.97 Å². The minimum atomic E-state index is -1.21. The van der Waals surface area contributed by atoms with Gasteiger partial charge in [-0.2, -0.15) is 12.6 Å². The van der Waals surface area contributed by atoms with Gasteiger partial charge in [-0.3, -0.25) is 19.2 Å².